The third kappa shape index (κ3) is 4.37. The van der Waals surface area contributed by atoms with Crippen LogP contribution in [0.5, 0.6) is 0 Å². The Morgan fingerprint density at radius 1 is 1.17 bits per heavy atom. The lowest BCUT2D eigenvalue weighted by Crippen LogP contribution is -2.38. The van der Waals surface area contributed by atoms with Gasteiger partial charge < -0.3 is 10.2 Å². The first-order chi connectivity index (χ1) is 14.4. The first-order valence-corrected chi connectivity index (χ1v) is 11.1. The van der Waals surface area contributed by atoms with Crippen LogP contribution in [-0.4, -0.2) is 24.1 Å². The lowest BCUT2D eigenvalue weighted by Gasteiger charge is -2.22. The summed E-state index contributed by atoms with van der Waals surface area (Å²) in [6.07, 6.45) is 0.137. The first-order valence-electron chi connectivity index (χ1n) is 9.50. The van der Waals surface area contributed by atoms with E-state index in [1.807, 2.05) is 68.4 Å². The van der Waals surface area contributed by atoms with Crippen LogP contribution in [0, 0.1) is 13.8 Å². The maximum absolute atomic E-state index is 13.1. The highest BCUT2D eigenvalue weighted by molar-refractivity contribution is 9.11. The van der Waals surface area contributed by atoms with E-state index in [1.54, 1.807) is 0 Å². The highest BCUT2D eigenvalue weighted by Gasteiger charge is 2.27. The van der Waals surface area contributed by atoms with Crippen molar-refractivity contribution in [1.29, 1.82) is 0 Å². The second kappa shape index (κ2) is 8.53. The van der Waals surface area contributed by atoms with Crippen LogP contribution in [0.1, 0.15) is 22.4 Å². The Morgan fingerprint density at radius 3 is 2.73 bits per heavy atom. The van der Waals surface area contributed by atoms with Gasteiger partial charge in [0.1, 0.15) is 6.54 Å². The van der Waals surface area contributed by atoms with Crippen LogP contribution in [-0.2, 0) is 9.59 Å². The van der Waals surface area contributed by atoms with E-state index in [9.17, 15) is 9.59 Å². The van der Waals surface area contributed by atoms with E-state index in [1.165, 1.54) is 16.2 Å². The average Bonchev–Trinajstić information content (AvgIpc) is 3.09. The zero-order valence-corrected chi connectivity index (χ0v) is 19.0. The molecule has 5 nitrogen and oxygen atoms in total. The molecule has 3 aromatic rings. The first kappa shape index (κ1) is 20.5. The molecule has 1 aromatic heterocycles. The van der Waals surface area contributed by atoms with Gasteiger partial charge in [0.15, 0.2) is 0 Å². The number of halogens is 1. The topological polar surface area (TPSA) is 61.8 Å². The number of amides is 2. The van der Waals surface area contributed by atoms with Crippen LogP contribution in [0.2, 0.25) is 0 Å². The normalized spacial score (nSPS) is 13.5. The van der Waals surface area contributed by atoms with E-state index in [-0.39, 0.29) is 24.8 Å². The highest BCUT2D eigenvalue weighted by atomic mass is 79.9. The lowest BCUT2D eigenvalue weighted by molar-refractivity contribution is -0.120. The van der Waals surface area contributed by atoms with Crippen molar-refractivity contribution in [2.45, 2.75) is 20.3 Å². The minimum atomic E-state index is -0.242. The van der Waals surface area contributed by atoms with Crippen molar-refractivity contribution < 1.29 is 9.59 Å². The molecule has 0 atom stereocenters. The molecular formula is C23H20BrN3O2S. The summed E-state index contributed by atoms with van der Waals surface area (Å²) in [6, 6.07) is 17.2. The summed E-state index contributed by atoms with van der Waals surface area (Å²) in [7, 11) is 0. The Balaban J connectivity index is 1.61. The Kier molecular flexibility index (Phi) is 5.83. The van der Waals surface area contributed by atoms with Gasteiger partial charge in [-0.3, -0.25) is 9.59 Å². The molecule has 0 bridgehead atoms. The minimum absolute atomic E-state index is 0.0693. The van der Waals surface area contributed by atoms with Crippen molar-refractivity contribution >= 4 is 61.9 Å². The molecule has 2 amide bonds. The van der Waals surface area contributed by atoms with Gasteiger partial charge in [-0.1, -0.05) is 24.3 Å². The largest absolute Gasteiger partial charge is 0.324 e. The van der Waals surface area contributed by atoms with Gasteiger partial charge in [-0.25, -0.2) is 4.99 Å². The molecule has 0 saturated heterocycles. The van der Waals surface area contributed by atoms with Crippen LogP contribution in [0.15, 0.2) is 63.4 Å². The van der Waals surface area contributed by atoms with Crippen molar-refractivity contribution in [3.05, 3.63) is 74.4 Å². The predicted molar refractivity (Wildman–Crippen MR) is 126 cm³/mol. The van der Waals surface area contributed by atoms with Crippen molar-refractivity contribution in [1.82, 2.24) is 0 Å². The number of hydrogen-bond acceptors (Lipinski definition) is 4. The van der Waals surface area contributed by atoms with Crippen molar-refractivity contribution in [3.8, 4) is 0 Å². The predicted octanol–water partition coefficient (Wildman–Crippen LogP) is 5.62. The Bertz CT molecular complexity index is 1170. The Morgan fingerprint density at radius 2 is 1.97 bits per heavy atom. The monoisotopic (exact) mass is 481 g/mol. The number of thiophene rings is 1. The maximum Gasteiger partial charge on any atom is 0.244 e. The van der Waals surface area contributed by atoms with E-state index in [2.05, 4.69) is 21.2 Å². The van der Waals surface area contributed by atoms with Gasteiger partial charge in [0.25, 0.3) is 0 Å². The smallest absolute Gasteiger partial charge is 0.244 e. The molecule has 152 valence electrons. The van der Waals surface area contributed by atoms with E-state index in [0.29, 0.717) is 17.1 Å². The van der Waals surface area contributed by atoms with Crippen LogP contribution >= 0.6 is 27.3 Å². The van der Waals surface area contributed by atoms with E-state index >= 15 is 0 Å². The molecule has 0 unspecified atom stereocenters. The fraction of sp³-hybridized carbons (Fsp3) is 0.174. The van der Waals surface area contributed by atoms with Gasteiger partial charge in [-0.05, 0) is 71.2 Å². The number of nitrogens with zero attached hydrogens (tertiary/aromatic N) is 2. The van der Waals surface area contributed by atoms with Crippen molar-refractivity contribution in [3.63, 3.8) is 0 Å². The molecule has 1 aliphatic heterocycles. The van der Waals surface area contributed by atoms with E-state index in [0.717, 1.165) is 25.5 Å². The summed E-state index contributed by atoms with van der Waals surface area (Å²) in [4.78, 5) is 33.2. The van der Waals surface area contributed by atoms with Gasteiger partial charge in [-0.15, -0.1) is 11.3 Å². The number of nitrogens with one attached hydrogen (secondary N) is 1. The standard InChI is InChI=1S/C23H20BrN3O2S/c1-14-7-8-15(2)17(11-14)26-22(28)13-27-19-6-4-3-5-16(19)25-18(12-23(27)29)20-9-10-21(24)30-20/h3-11H,12-13H2,1-2H3,(H,26,28). The molecule has 0 saturated carbocycles. The van der Waals surface area contributed by atoms with Gasteiger partial charge >= 0.3 is 0 Å². The molecule has 1 aliphatic rings. The SMILES string of the molecule is Cc1ccc(C)c(NC(=O)CN2C(=O)CC(c3ccc(Br)s3)=Nc3ccccc32)c1. The number of carbonyl (C=O) groups is 2. The number of anilines is 2. The number of para-hydroxylation sites is 2. The van der Waals surface area contributed by atoms with Gasteiger partial charge in [0.2, 0.25) is 11.8 Å². The molecule has 0 fully saturated rings. The summed E-state index contributed by atoms with van der Waals surface area (Å²) in [5.41, 5.74) is 4.83. The molecule has 2 heterocycles. The third-order valence-electron chi connectivity index (χ3n) is 4.87. The van der Waals surface area contributed by atoms with Gasteiger partial charge in [0.05, 0.1) is 32.2 Å². The highest BCUT2D eigenvalue weighted by Crippen LogP contribution is 2.34. The van der Waals surface area contributed by atoms with Crippen molar-refractivity contribution in [2.24, 2.45) is 4.99 Å². The number of aliphatic imine (C=N–C) groups is 1. The molecule has 0 spiro atoms. The van der Waals surface area contributed by atoms with Crippen LogP contribution in [0.3, 0.4) is 0 Å². The van der Waals surface area contributed by atoms with Crippen LogP contribution in [0.4, 0.5) is 17.1 Å². The number of rotatable bonds is 4. The Labute approximate surface area is 187 Å². The van der Waals surface area contributed by atoms with Crippen molar-refractivity contribution in [2.75, 3.05) is 16.8 Å². The maximum atomic E-state index is 13.1. The van der Waals surface area contributed by atoms with Gasteiger partial charge in [0, 0.05) is 5.69 Å². The molecule has 30 heavy (non-hydrogen) atoms. The third-order valence-corrected chi connectivity index (χ3v) is 6.55. The van der Waals surface area contributed by atoms with Crippen LogP contribution < -0.4 is 10.2 Å². The zero-order chi connectivity index (χ0) is 21.3. The van der Waals surface area contributed by atoms with Crippen LogP contribution in [0.25, 0.3) is 0 Å². The number of fused-ring (bicyclic) bond motifs is 1. The molecule has 2 aromatic carbocycles. The molecule has 0 radical (unpaired) electrons. The lowest BCUT2D eigenvalue weighted by atomic mass is 10.1. The average molecular weight is 482 g/mol. The molecule has 1 N–H and O–H groups in total. The molecular weight excluding hydrogens is 462 g/mol. The summed E-state index contributed by atoms with van der Waals surface area (Å²) in [5, 5.41) is 2.94. The van der Waals surface area contributed by atoms with E-state index < -0.39 is 0 Å². The fourth-order valence-electron chi connectivity index (χ4n) is 3.33. The quantitative estimate of drug-likeness (QED) is 0.525. The number of benzene rings is 2. The summed E-state index contributed by atoms with van der Waals surface area (Å²) < 4.78 is 0.981. The number of hydrogen-bond donors (Lipinski definition) is 1. The number of aryl methyl sites for hydroxylation is 2. The fourth-order valence-corrected chi connectivity index (χ4v) is 4.71. The number of carbonyl (C=O) groups excluding carboxylic acids is 2. The second-order valence-corrected chi connectivity index (χ2v) is 9.64. The van der Waals surface area contributed by atoms with Gasteiger partial charge in [-0.2, -0.15) is 0 Å². The summed E-state index contributed by atoms with van der Waals surface area (Å²) >= 11 is 5.00. The summed E-state index contributed by atoms with van der Waals surface area (Å²) in [5.74, 6) is -0.395. The zero-order valence-electron chi connectivity index (χ0n) is 16.6. The second-order valence-electron chi connectivity index (χ2n) is 7.17. The minimum Gasteiger partial charge on any atom is -0.324 e. The summed E-state index contributed by atoms with van der Waals surface area (Å²) in [6.45, 7) is 3.85. The molecule has 7 heteroatoms. The molecule has 4 rings (SSSR count). The Hall–Kier alpha value is -2.77. The molecule has 0 aliphatic carbocycles. The van der Waals surface area contributed by atoms with E-state index in [4.69, 9.17) is 4.99 Å².